The zero-order valence-corrected chi connectivity index (χ0v) is 10.6. The highest BCUT2D eigenvalue weighted by atomic mass is 15.7. The summed E-state index contributed by atoms with van der Waals surface area (Å²) in [5, 5.41) is 1.35. The van der Waals surface area contributed by atoms with Crippen LogP contribution in [0.1, 0.15) is 52.9 Å². The molecule has 0 aliphatic heterocycles. The van der Waals surface area contributed by atoms with E-state index in [2.05, 4.69) is 25.7 Å². The Morgan fingerprint density at radius 2 is 1.40 bits per heavy atom. The largest absolute Gasteiger partial charge is 0.286 e. The third kappa shape index (κ3) is 6.10. The van der Waals surface area contributed by atoms with E-state index in [4.69, 9.17) is 11.7 Å². The predicted octanol–water partition coefficient (Wildman–Crippen LogP) is 1.67. The van der Waals surface area contributed by atoms with Crippen LogP contribution in [-0.2, 0) is 0 Å². The second kappa shape index (κ2) is 9.09. The van der Waals surface area contributed by atoms with E-state index in [-0.39, 0.29) is 6.17 Å². The molecule has 0 fully saturated rings. The molecule has 0 aromatic heterocycles. The van der Waals surface area contributed by atoms with Gasteiger partial charge in [-0.2, -0.15) is 5.12 Å². The standard InChI is InChI=1S/C11H28N4/c1-4-7-9-14(10-8-5-2)11(6-3)15(12)13/h11H,4-10,12-13H2,1-3H3. The number of hydrogen-bond donors (Lipinski definition) is 2. The zero-order valence-electron chi connectivity index (χ0n) is 10.6. The number of unbranched alkanes of at least 4 members (excludes halogenated alkanes) is 2. The number of nitrogens with two attached hydrogens (primary N) is 2. The molecule has 0 aliphatic carbocycles. The van der Waals surface area contributed by atoms with Crippen LogP contribution in [0.3, 0.4) is 0 Å². The monoisotopic (exact) mass is 216 g/mol. The molecule has 0 spiro atoms. The first-order chi connectivity index (χ1) is 7.17. The van der Waals surface area contributed by atoms with Gasteiger partial charge in [0.2, 0.25) is 0 Å². The second-order valence-corrected chi connectivity index (χ2v) is 4.08. The molecule has 0 saturated heterocycles. The highest BCUT2D eigenvalue weighted by molar-refractivity contribution is 4.66. The van der Waals surface area contributed by atoms with Crippen LogP contribution in [0.2, 0.25) is 0 Å². The summed E-state index contributed by atoms with van der Waals surface area (Å²) in [7, 11) is 0. The van der Waals surface area contributed by atoms with Gasteiger partial charge in [-0.1, -0.05) is 33.6 Å². The van der Waals surface area contributed by atoms with Gasteiger partial charge in [-0.3, -0.25) is 16.6 Å². The molecule has 1 atom stereocenters. The van der Waals surface area contributed by atoms with E-state index in [1.54, 1.807) is 0 Å². The molecule has 0 rings (SSSR count). The van der Waals surface area contributed by atoms with Crippen LogP contribution in [0.25, 0.3) is 0 Å². The molecule has 92 valence electrons. The average molecular weight is 216 g/mol. The van der Waals surface area contributed by atoms with Gasteiger partial charge in [-0.15, -0.1) is 0 Å². The van der Waals surface area contributed by atoms with Crippen molar-refractivity contribution in [2.75, 3.05) is 13.1 Å². The Morgan fingerprint density at radius 1 is 0.933 bits per heavy atom. The highest BCUT2D eigenvalue weighted by Gasteiger charge is 2.18. The van der Waals surface area contributed by atoms with Gasteiger partial charge in [0.1, 0.15) is 0 Å². The molecular weight excluding hydrogens is 188 g/mol. The van der Waals surface area contributed by atoms with Crippen molar-refractivity contribution in [2.24, 2.45) is 11.7 Å². The summed E-state index contributed by atoms with van der Waals surface area (Å²) in [5.74, 6) is 11.3. The summed E-state index contributed by atoms with van der Waals surface area (Å²) in [4.78, 5) is 2.40. The average Bonchev–Trinajstić information content (AvgIpc) is 2.21. The lowest BCUT2D eigenvalue weighted by atomic mass is 10.2. The summed E-state index contributed by atoms with van der Waals surface area (Å²) < 4.78 is 0. The maximum Gasteiger partial charge on any atom is 0.0908 e. The van der Waals surface area contributed by atoms with E-state index < -0.39 is 0 Å². The van der Waals surface area contributed by atoms with E-state index in [0.29, 0.717) is 0 Å². The van der Waals surface area contributed by atoms with Crippen LogP contribution < -0.4 is 11.7 Å². The van der Waals surface area contributed by atoms with Gasteiger partial charge >= 0.3 is 0 Å². The lowest BCUT2D eigenvalue weighted by Gasteiger charge is -2.34. The van der Waals surface area contributed by atoms with Crippen molar-refractivity contribution in [1.82, 2.24) is 10.0 Å². The van der Waals surface area contributed by atoms with Gasteiger partial charge in [0.25, 0.3) is 0 Å². The highest BCUT2D eigenvalue weighted by Crippen LogP contribution is 2.08. The van der Waals surface area contributed by atoms with Crippen LogP contribution in [-0.4, -0.2) is 29.3 Å². The fraction of sp³-hybridized carbons (Fsp3) is 1.00. The number of nitrogens with zero attached hydrogens (tertiary/aromatic N) is 2. The third-order valence-corrected chi connectivity index (χ3v) is 2.73. The third-order valence-electron chi connectivity index (χ3n) is 2.73. The van der Waals surface area contributed by atoms with Crippen LogP contribution in [0.4, 0.5) is 0 Å². The van der Waals surface area contributed by atoms with Crippen LogP contribution in [0, 0.1) is 0 Å². The van der Waals surface area contributed by atoms with Crippen molar-refractivity contribution in [2.45, 2.75) is 59.0 Å². The molecule has 0 aliphatic rings. The van der Waals surface area contributed by atoms with Crippen molar-refractivity contribution < 1.29 is 0 Å². The maximum absolute atomic E-state index is 5.66. The van der Waals surface area contributed by atoms with Crippen LogP contribution in [0.15, 0.2) is 0 Å². The first-order valence-electron chi connectivity index (χ1n) is 6.19. The second-order valence-electron chi connectivity index (χ2n) is 4.08. The minimum Gasteiger partial charge on any atom is -0.286 e. The minimum atomic E-state index is 0.183. The first-order valence-corrected chi connectivity index (χ1v) is 6.19. The van der Waals surface area contributed by atoms with E-state index in [1.165, 1.54) is 30.8 Å². The number of rotatable bonds is 9. The molecule has 0 aromatic carbocycles. The Morgan fingerprint density at radius 3 is 1.67 bits per heavy atom. The van der Waals surface area contributed by atoms with E-state index in [1.807, 2.05) is 0 Å². The normalized spacial score (nSPS) is 13.8. The molecule has 0 radical (unpaired) electrons. The van der Waals surface area contributed by atoms with Crippen LogP contribution in [0.5, 0.6) is 0 Å². The molecule has 15 heavy (non-hydrogen) atoms. The Balaban J connectivity index is 4.15. The molecule has 0 saturated carbocycles. The Hall–Kier alpha value is -0.160. The molecule has 0 heterocycles. The van der Waals surface area contributed by atoms with E-state index >= 15 is 0 Å². The molecule has 4 N–H and O–H groups in total. The summed E-state index contributed by atoms with van der Waals surface area (Å²) in [6.45, 7) is 8.74. The maximum atomic E-state index is 5.66. The molecule has 0 amide bonds. The quantitative estimate of drug-likeness (QED) is 0.350. The molecule has 1 unspecified atom stereocenters. The topological polar surface area (TPSA) is 58.5 Å². The Labute approximate surface area is 94.5 Å². The van der Waals surface area contributed by atoms with Crippen molar-refractivity contribution in [1.29, 1.82) is 0 Å². The van der Waals surface area contributed by atoms with Gasteiger partial charge in [-0.05, 0) is 32.4 Å². The Kier molecular flexibility index (Phi) is 9.00. The van der Waals surface area contributed by atoms with Crippen molar-refractivity contribution in [3.63, 3.8) is 0 Å². The van der Waals surface area contributed by atoms with Crippen LogP contribution >= 0.6 is 0 Å². The van der Waals surface area contributed by atoms with Gasteiger partial charge in [0.15, 0.2) is 0 Å². The molecule has 0 aromatic rings. The fourth-order valence-electron chi connectivity index (χ4n) is 1.79. The zero-order chi connectivity index (χ0) is 11.7. The molecule has 0 bridgehead atoms. The lowest BCUT2D eigenvalue weighted by molar-refractivity contribution is 0.0356. The minimum absolute atomic E-state index is 0.183. The van der Waals surface area contributed by atoms with Crippen molar-refractivity contribution >= 4 is 0 Å². The fourth-order valence-corrected chi connectivity index (χ4v) is 1.79. The summed E-state index contributed by atoms with van der Waals surface area (Å²) in [6.07, 6.45) is 6.02. The molecular formula is C11H28N4. The predicted molar refractivity (Wildman–Crippen MR) is 65.7 cm³/mol. The summed E-state index contributed by atoms with van der Waals surface area (Å²) in [6, 6.07) is 0. The molecule has 4 nitrogen and oxygen atoms in total. The SMILES string of the molecule is CCCCN(CCCC)C(CC)N(N)N. The van der Waals surface area contributed by atoms with Crippen molar-refractivity contribution in [3.8, 4) is 0 Å². The summed E-state index contributed by atoms with van der Waals surface area (Å²) in [5.41, 5.74) is 0. The van der Waals surface area contributed by atoms with Gasteiger partial charge < -0.3 is 0 Å². The first kappa shape index (κ1) is 14.8. The smallest absolute Gasteiger partial charge is 0.0908 e. The number of hydrazine groups is 2. The van der Waals surface area contributed by atoms with Gasteiger partial charge in [0, 0.05) is 0 Å². The van der Waals surface area contributed by atoms with E-state index in [9.17, 15) is 0 Å². The lowest BCUT2D eigenvalue weighted by Crippen LogP contribution is -2.55. The Bertz CT molecular complexity index is 131. The number of hydrogen-bond acceptors (Lipinski definition) is 4. The van der Waals surface area contributed by atoms with Gasteiger partial charge in [0.05, 0.1) is 6.17 Å². The van der Waals surface area contributed by atoms with Crippen molar-refractivity contribution in [3.05, 3.63) is 0 Å². The van der Waals surface area contributed by atoms with E-state index in [0.717, 1.165) is 19.5 Å². The molecule has 4 heteroatoms. The van der Waals surface area contributed by atoms with Gasteiger partial charge in [-0.25, -0.2) is 0 Å². The summed E-state index contributed by atoms with van der Waals surface area (Å²) >= 11 is 0.